The van der Waals surface area contributed by atoms with Gasteiger partial charge in [-0.3, -0.25) is 10.00 Å². The summed E-state index contributed by atoms with van der Waals surface area (Å²) in [6.07, 6.45) is 9.56. The van der Waals surface area contributed by atoms with E-state index in [0.717, 1.165) is 53.8 Å². The lowest BCUT2D eigenvalue weighted by Gasteiger charge is -2.31. The summed E-state index contributed by atoms with van der Waals surface area (Å²) < 4.78 is 0. The van der Waals surface area contributed by atoms with Gasteiger partial charge in [-0.2, -0.15) is 10.4 Å². The van der Waals surface area contributed by atoms with Gasteiger partial charge in [0.15, 0.2) is 0 Å². The third-order valence-electron chi connectivity index (χ3n) is 4.63. The van der Waals surface area contributed by atoms with E-state index in [4.69, 9.17) is 5.26 Å². The first-order chi connectivity index (χ1) is 11.8. The maximum Gasteiger partial charge on any atom is 0.139 e. The predicted octanol–water partition coefficient (Wildman–Crippen LogP) is 2.35. The normalized spacial score (nSPS) is 16.3. The second-order valence-corrected chi connectivity index (χ2v) is 6.13. The number of aromatic amines is 2. The van der Waals surface area contributed by atoms with Gasteiger partial charge < -0.3 is 10.3 Å². The van der Waals surface area contributed by atoms with E-state index < -0.39 is 0 Å². The molecule has 0 spiro atoms. The van der Waals surface area contributed by atoms with Gasteiger partial charge in [-0.15, -0.1) is 0 Å². The fourth-order valence-corrected chi connectivity index (χ4v) is 3.32. The van der Waals surface area contributed by atoms with Crippen LogP contribution in [0.1, 0.15) is 12.8 Å². The van der Waals surface area contributed by atoms with Crippen LogP contribution in [0.25, 0.3) is 22.2 Å². The van der Waals surface area contributed by atoms with Gasteiger partial charge in [0.05, 0.1) is 24.5 Å². The summed E-state index contributed by atoms with van der Waals surface area (Å²) in [5.41, 5.74) is 4.05. The monoisotopic (exact) mass is 321 g/mol. The molecule has 0 saturated carbocycles. The highest BCUT2D eigenvalue weighted by Gasteiger charge is 2.21. The van der Waals surface area contributed by atoms with Gasteiger partial charge >= 0.3 is 0 Å². The van der Waals surface area contributed by atoms with Gasteiger partial charge in [-0.05, 0) is 18.9 Å². The van der Waals surface area contributed by atoms with Crippen LogP contribution in [-0.4, -0.2) is 50.7 Å². The van der Waals surface area contributed by atoms with E-state index in [9.17, 15) is 0 Å². The number of pyridine rings is 1. The third kappa shape index (κ3) is 2.72. The third-order valence-corrected chi connectivity index (χ3v) is 4.63. The number of aromatic nitrogens is 4. The van der Waals surface area contributed by atoms with Crippen LogP contribution in [0.5, 0.6) is 0 Å². The molecule has 24 heavy (non-hydrogen) atoms. The van der Waals surface area contributed by atoms with Crippen LogP contribution in [0.4, 0.5) is 5.69 Å². The lowest BCUT2D eigenvalue weighted by molar-refractivity contribution is 0.242. The highest BCUT2D eigenvalue weighted by molar-refractivity contribution is 5.98. The zero-order chi connectivity index (χ0) is 16.4. The summed E-state index contributed by atoms with van der Waals surface area (Å²) in [6, 6.07) is 4.68. The van der Waals surface area contributed by atoms with E-state index in [2.05, 4.69) is 42.5 Å². The number of piperidine rings is 1. The number of fused-ring (bicyclic) bond motifs is 1. The number of nitriles is 1. The smallest absolute Gasteiger partial charge is 0.139 e. The Labute approximate surface area is 139 Å². The van der Waals surface area contributed by atoms with E-state index >= 15 is 0 Å². The quantitative estimate of drug-likeness (QED) is 0.641. The van der Waals surface area contributed by atoms with Gasteiger partial charge in [0.1, 0.15) is 5.65 Å². The lowest BCUT2D eigenvalue weighted by atomic mass is 10.0. The summed E-state index contributed by atoms with van der Waals surface area (Å²) in [5.74, 6) is 0. The number of nitrogens with zero attached hydrogens (tertiary/aromatic N) is 4. The van der Waals surface area contributed by atoms with Crippen LogP contribution in [0.3, 0.4) is 0 Å². The minimum Gasteiger partial charge on any atom is -0.381 e. The van der Waals surface area contributed by atoms with Crippen LogP contribution in [0, 0.1) is 11.3 Å². The molecule has 4 rings (SSSR count). The molecule has 1 saturated heterocycles. The first kappa shape index (κ1) is 14.7. The van der Waals surface area contributed by atoms with Crippen molar-refractivity contribution in [3.05, 3.63) is 30.9 Å². The fraction of sp³-hybridized carbons (Fsp3) is 0.353. The second-order valence-electron chi connectivity index (χ2n) is 6.13. The van der Waals surface area contributed by atoms with Gasteiger partial charge in [-0.25, -0.2) is 4.98 Å². The molecule has 7 nitrogen and oxygen atoms in total. The number of hydrogen-bond donors (Lipinski definition) is 3. The second kappa shape index (κ2) is 6.34. The van der Waals surface area contributed by atoms with Crippen molar-refractivity contribution in [3.63, 3.8) is 0 Å². The summed E-state index contributed by atoms with van der Waals surface area (Å²) in [4.78, 5) is 9.88. The molecule has 4 heterocycles. The van der Waals surface area contributed by atoms with Crippen molar-refractivity contribution in [3.8, 4) is 17.2 Å². The molecule has 3 N–H and O–H groups in total. The lowest BCUT2D eigenvalue weighted by Crippen LogP contribution is -2.39. The van der Waals surface area contributed by atoms with Crippen molar-refractivity contribution in [1.29, 1.82) is 5.26 Å². The van der Waals surface area contributed by atoms with Crippen molar-refractivity contribution in [2.45, 2.75) is 18.9 Å². The SMILES string of the molecule is N#CCN1CCC(Nc2c(-c3cn[nH]c3)cnc3[nH]ccc23)CC1. The number of likely N-dealkylation sites (tertiary alicyclic amines) is 1. The summed E-state index contributed by atoms with van der Waals surface area (Å²) in [7, 11) is 0. The zero-order valence-electron chi connectivity index (χ0n) is 13.3. The molecule has 0 aromatic carbocycles. The average Bonchev–Trinajstić information content (AvgIpc) is 3.28. The Kier molecular flexibility index (Phi) is 3.89. The molecule has 0 radical (unpaired) electrons. The van der Waals surface area contributed by atoms with Crippen molar-refractivity contribution in [2.24, 2.45) is 0 Å². The van der Waals surface area contributed by atoms with Crippen molar-refractivity contribution >= 4 is 16.7 Å². The van der Waals surface area contributed by atoms with E-state index in [0.29, 0.717) is 12.6 Å². The van der Waals surface area contributed by atoms with Crippen LogP contribution in [0.15, 0.2) is 30.9 Å². The van der Waals surface area contributed by atoms with Crippen molar-refractivity contribution < 1.29 is 0 Å². The molecule has 3 aromatic rings. The molecular weight excluding hydrogens is 302 g/mol. The predicted molar refractivity (Wildman–Crippen MR) is 92.4 cm³/mol. The largest absolute Gasteiger partial charge is 0.381 e. The molecule has 0 unspecified atom stereocenters. The molecule has 0 amide bonds. The number of nitrogens with one attached hydrogen (secondary N) is 3. The molecular formula is C17H19N7. The van der Waals surface area contributed by atoms with Crippen molar-refractivity contribution in [2.75, 3.05) is 25.0 Å². The number of hydrogen-bond acceptors (Lipinski definition) is 5. The Bertz CT molecular complexity index is 851. The maximum atomic E-state index is 8.83. The van der Waals surface area contributed by atoms with E-state index in [1.165, 1.54) is 0 Å². The van der Waals surface area contributed by atoms with Crippen LogP contribution in [-0.2, 0) is 0 Å². The van der Waals surface area contributed by atoms with Gasteiger partial charge in [0.2, 0.25) is 0 Å². The molecule has 0 aliphatic carbocycles. The van der Waals surface area contributed by atoms with Gasteiger partial charge in [0.25, 0.3) is 0 Å². The Balaban J connectivity index is 1.62. The summed E-state index contributed by atoms with van der Waals surface area (Å²) in [5, 5.41) is 20.6. The molecule has 3 aromatic heterocycles. The minimum atomic E-state index is 0.395. The van der Waals surface area contributed by atoms with E-state index in [1.807, 2.05) is 24.8 Å². The highest BCUT2D eigenvalue weighted by Crippen LogP contribution is 2.34. The minimum absolute atomic E-state index is 0.395. The molecule has 1 aliphatic heterocycles. The first-order valence-corrected chi connectivity index (χ1v) is 8.16. The van der Waals surface area contributed by atoms with Crippen molar-refractivity contribution in [1.82, 2.24) is 25.1 Å². The number of rotatable bonds is 4. The van der Waals surface area contributed by atoms with Crippen LogP contribution >= 0.6 is 0 Å². The molecule has 1 fully saturated rings. The van der Waals surface area contributed by atoms with Gasteiger partial charge in [-0.1, -0.05) is 0 Å². The molecule has 7 heteroatoms. The summed E-state index contributed by atoms with van der Waals surface area (Å²) in [6.45, 7) is 2.42. The van der Waals surface area contributed by atoms with E-state index in [-0.39, 0.29) is 0 Å². The summed E-state index contributed by atoms with van der Waals surface area (Å²) >= 11 is 0. The standard InChI is InChI=1S/C17H19N7/c18-4-8-24-6-2-13(3-7-24)23-16-14-1-5-19-17(14)20-11-15(16)12-9-21-22-10-12/h1,5,9-11,13H,2-3,6-8H2,(H,21,22)(H2,19,20,23). The van der Waals surface area contributed by atoms with Crippen LogP contribution in [0.2, 0.25) is 0 Å². The molecule has 122 valence electrons. The maximum absolute atomic E-state index is 8.83. The highest BCUT2D eigenvalue weighted by atomic mass is 15.1. The van der Waals surface area contributed by atoms with Crippen LogP contribution < -0.4 is 5.32 Å². The zero-order valence-corrected chi connectivity index (χ0v) is 13.3. The number of anilines is 1. The Morgan fingerprint density at radius 2 is 2.21 bits per heavy atom. The number of H-pyrrole nitrogens is 2. The average molecular weight is 321 g/mol. The Morgan fingerprint density at radius 1 is 1.33 bits per heavy atom. The first-order valence-electron chi connectivity index (χ1n) is 8.16. The van der Waals surface area contributed by atoms with Gasteiger partial charge in [0, 0.05) is 54.2 Å². The Hall–Kier alpha value is -2.85. The fourth-order valence-electron chi connectivity index (χ4n) is 3.32. The molecule has 0 bridgehead atoms. The topological polar surface area (TPSA) is 96.4 Å². The Morgan fingerprint density at radius 3 is 2.96 bits per heavy atom. The van der Waals surface area contributed by atoms with E-state index in [1.54, 1.807) is 0 Å². The molecule has 1 aliphatic rings. The molecule has 0 atom stereocenters.